The summed E-state index contributed by atoms with van der Waals surface area (Å²) in [6, 6.07) is 12.2. The molecule has 1 saturated heterocycles. The van der Waals surface area contributed by atoms with Gasteiger partial charge in [0.25, 0.3) is 17.1 Å². The van der Waals surface area contributed by atoms with Gasteiger partial charge in [-0.05, 0) is 69.2 Å². The molecule has 2 aromatic rings. The van der Waals surface area contributed by atoms with E-state index in [4.69, 9.17) is 22.1 Å². The lowest BCUT2D eigenvalue weighted by molar-refractivity contribution is -0.124. The van der Waals surface area contributed by atoms with Crippen LogP contribution in [-0.2, 0) is 16.0 Å². The number of ether oxygens (including phenoxy) is 1. The number of thioether (sulfide) groups is 1. The maximum absolute atomic E-state index is 11.8. The van der Waals surface area contributed by atoms with E-state index in [1.165, 1.54) is 0 Å². The van der Waals surface area contributed by atoms with Crippen LogP contribution in [0.15, 0.2) is 51.8 Å². The number of benzene rings is 2. The zero-order valence-corrected chi connectivity index (χ0v) is 17.4. The molecule has 1 atom stereocenters. The second-order valence-corrected chi connectivity index (χ2v) is 8.19. The second kappa shape index (κ2) is 8.81. The van der Waals surface area contributed by atoms with Crippen LogP contribution in [0.2, 0.25) is 5.02 Å². The molecule has 2 aromatic carbocycles. The van der Waals surface area contributed by atoms with Crippen LogP contribution < -0.4 is 15.8 Å². The molecule has 0 saturated carbocycles. The van der Waals surface area contributed by atoms with Gasteiger partial charge in [-0.1, -0.05) is 29.8 Å². The number of nitrogens with two attached hydrogens (primary N) is 1. The van der Waals surface area contributed by atoms with E-state index in [1.807, 2.05) is 0 Å². The molecule has 0 bridgehead atoms. The Morgan fingerprint density at radius 2 is 1.96 bits per heavy atom. The summed E-state index contributed by atoms with van der Waals surface area (Å²) in [4.78, 5) is 35.0. The van der Waals surface area contributed by atoms with Gasteiger partial charge >= 0.3 is 0 Å². The summed E-state index contributed by atoms with van der Waals surface area (Å²) >= 11 is 10.1. The summed E-state index contributed by atoms with van der Waals surface area (Å²) in [6.45, 7) is 0. The minimum Gasteiger partial charge on any atom is -0.479 e. The molecule has 3 N–H and O–H groups in total. The highest BCUT2D eigenvalue weighted by molar-refractivity contribution is 9.10. The molecule has 9 heteroatoms. The maximum atomic E-state index is 11.8. The maximum Gasteiger partial charge on any atom is 0.290 e. The molecule has 0 aromatic heterocycles. The van der Waals surface area contributed by atoms with Crippen LogP contribution in [-0.4, -0.2) is 23.2 Å². The fourth-order valence-corrected chi connectivity index (χ4v) is 3.76. The minimum atomic E-state index is -0.865. The largest absolute Gasteiger partial charge is 0.479 e. The minimum absolute atomic E-state index is 0.295. The van der Waals surface area contributed by atoms with Crippen LogP contribution in [0.3, 0.4) is 0 Å². The van der Waals surface area contributed by atoms with Crippen LogP contribution in [0.25, 0.3) is 6.08 Å². The van der Waals surface area contributed by atoms with Gasteiger partial charge < -0.3 is 10.5 Å². The van der Waals surface area contributed by atoms with Crippen molar-refractivity contribution in [1.29, 1.82) is 0 Å². The average molecular weight is 482 g/mol. The smallest absolute Gasteiger partial charge is 0.290 e. The number of hydrogen-bond acceptors (Lipinski definition) is 5. The van der Waals surface area contributed by atoms with Gasteiger partial charge in [0.15, 0.2) is 6.10 Å². The number of imide groups is 1. The van der Waals surface area contributed by atoms with Gasteiger partial charge in [0.05, 0.1) is 9.38 Å². The van der Waals surface area contributed by atoms with Crippen molar-refractivity contribution in [1.82, 2.24) is 5.32 Å². The molecule has 0 radical (unpaired) electrons. The number of nitrogens with one attached hydrogen (secondary N) is 1. The van der Waals surface area contributed by atoms with Crippen molar-refractivity contribution in [2.45, 2.75) is 12.5 Å². The van der Waals surface area contributed by atoms with Gasteiger partial charge in [-0.3, -0.25) is 19.7 Å². The van der Waals surface area contributed by atoms with Crippen molar-refractivity contribution in [2.75, 3.05) is 0 Å². The van der Waals surface area contributed by atoms with Crippen LogP contribution in [0.1, 0.15) is 11.1 Å². The topological polar surface area (TPSA) is 98.5 Å². The van der Waals surface area contributed by atoms with Crippen LogP contribution >= 0.6 is 39.3 Å². The zero-order valence-electron chi connectivity index (χ0n) is 14.3. The number of carbonyl (C=O) groups excluding carboxylic acids is 3. The van der Waals surface area contributed by atoms with Gasteiger partial charge in [-0.25, -0.2) is 0 Å². The molecule has 0 spiro atoms. The number of halogens is 2. The highest BCUT2D eigenvalue weighted by Crippen LogP contribution is 2.31. The van der Waals surface area contributed by atoms with E-state index >= 15 is 0 Å². The second-order valence-electron chi connectivity index (χ2n) is 5.88. The Balaban J connectivity index is 1.76. The van der Waals surface area contributed by atoms with Crippen molar-refractivity contribution in [2.24, 2.45) is 5.73 Å². The monoisotopic (exact) mass is 480 g/mol. The Morgan fingerprint density at radius 3 is 2.54 bits per heavy atom. The third kappa shape index (κ3) is 5.15. The van der Waals surface area contributed by atoms with Crippen molar-refractivity contribution < 1.29 is 19.1 Å². The van der Waals surface area contributed by atoms with Crippen molar-refractivity contribution >= 4 is 62.4 Å². The third-order valence-electron chi connectivity index (χ3n) is 3.82. The van der Waals surface area contributed by atoms with Gasteiger partial charge in [0.1, 0.15) is 5.75 Å². The Labute approximate surface area is 178 Å². The lowest BCUT2D eigenvalue weighted by atomic mass is 10.1. The Bertz CT molecular complexity index is 978. The molecule has 6 nitrogen and oxygen atoms in total. The number of amides is 3. The van der Waals surface area contributed by atoms with Gasteiger partial charge in [-0.15, -0.1) is 0 Å². The number of primary amides is 1. The van der Waals surface area contributed by atoms with Gasteiger partial charge in [0.2, 0.25) is 0 Å². The first-order valence-corrected chi connectivity index (χ1v) is 10.1. The highest BCUT2D eigenvalue weighted by Gasteiger charge is 2.25. The van der Waals surface area contributed by atoms with E-state index in [1.54, 1.807) is 48.5 Å². The average Bonchev–Trinajstić information content (AvgIpc) is 2.95. The predicted molar refractivity (Wildman–Crippen MR) is 112 cm³/mol. The van der Waals surface area contributed by atoms with E-state index in [0.717, 1.165) is 17.3 Å². The number of hydrogen-bond donors (Lipinski definition) is 2. The molecule has 1 aliphatic heterocycles. The fourth-order valence-electron chi connectivity index (χ4n) is 2.46. The molecule has 28 heavy (non-hydrogen) atoms. The molecule has 1 fully saturated rings. The number of rotatable bonds is 6. The summed E-state index contributed by atoms with van der Waals surface area (Å²) in [6.07, 6.45) is 1.03. The molecular weight excluding hydrogens is 468 g/mol. The van der Waals surface area contributed by atoms with Crippen molar-refractivity contribution in [3.8, 4) is 5.75 Å². The predicted octanol–water partition coefficient (Wildman–Crippen LogP) is 3.90. The summed E-state index contributed by atoms with van der Waals surface area (Å²) in [5.41, 5.74) is 7.04. The van der Waals surface area contributed by atoms with E-state index in [2.05, 4.69) is 21.2 Å². The lowest BCUT2D eigenvalue weighted by Gasteiger charge is -2.17. The molecule has 3 rings (SSSR count). The van der Waals surface area contributed by atoms with Crippen LogP contribution in [0.4, 0.5) is 4.79 Å². The zero-order chi connectivity index (χ0) is 20.3. The van der Waals surface area contributed by atoms with Crippen LogP contribution in [0.5, 0.6) is 5.75 Å². The number of carbonyl (C=O) groups is 3. The Hall–Kier alpha value is -2.29. The molecule has 3 amide bonds. The highest BCUT2D eigenvalue weighted by atomic mass is 79.9. The van der Waals surface area contributed by atoms with E-state index in [-0.39, 0.29) is 0 Å². The molecular formula is C19H14BrClN2O4S. The first kappa shape index (κ1) is 20.4. The lowest BCUT2D eigenvalue weighted by Crippen LogP contribution is -2.35. The van der Waals surface area contributed by atoms with E-state index in [0.29, 0.717) is 32.1 Å². The van der Waals surface area contributed by atoms with Gasteiger partial charge in [-0.2, -0.15) is 0 Å². The first-order valence-electron chi connectivity index (χ1n) is 8.06. The quantitative estimate of drug-likeness (QED) is 0.610. The Morgan fingerprint density at radius 1 is 1.25 bits per heavy atom. The molecule has 144 valence electrons. The summed E-state index contributed by atoms with van der Waals surface area (Å²) in [7, 11) is 0. The third-order valence-corrected chi connectivity index (χ3v) is 5.50. The van der Waals surface area contributed by atoms with Crippen LogP contribution in [0, 0.1) is 0 Å². The van der Waals surface area contributed by atoms with Gasteiger partial charge in [0, 0.05) is 11.4 Å². The standard InChI is InChI=1S/C19H14BrClN2O4S/c20-13-7-11(9-16-18(25)23-19(26)28-16)3-6-14(13)27-15(17(22)24)8-10-1-4-12(21)5-2-10/h1-7,9,15H,8H2,(H2,22,24)(H,23,25,26). The normalized spacial score (nSPS) is 16.1. The summed E-state index contributed by atoms with van der Waals surface area (Å²) < 4.78 is 6.37. The van der Waals surface area contributed by atoms with E-state index < -0.39 is 23.2 Å². The molecule has 1 unspecified atom stereocenters. The molecule has 1 aliphatic rings. The SMILES string of the molecule is NC(=O)C(Cc1ccc(Cl)cc1)Oc1ccc(C=C2SC(=O)NC2=O)cc1Br. The molecule has 1 heterocycles. The van der Waals surface area contributed by atoms with Crippen molar-refractivity contribution in [3.05, 3.63) is 68.0 Å². The fraction of sp³-hybridized carbons (Fsp3) is 0.105. The summed E-state index contributed by atoms with van der Waals surface area (Å²) in [5.74, 6) is -0.590. The first-order chi connectivity index (χ1) is 13.3. The summed E-state index contributed by atoms with van der Waals surface area (Å²) in [5, 5.41) is 2.40. The Kier molecular flexibility index (Phi) is 6.43. The van der Waals surface area contributed by atoms with Crippen molar-refractivity contribution in [3.63, 3.8) is 0 Å². The molecule has 0 aliphatic carbocycles. The van der Waals surface area contributed by atoms with E-state index in [9.17, 15) is 14.4 Å².